The Morgan fingerprint density at radius 1 is 1.36 bits per heavy atom. The van der Waals surface area contributed by atoms with Crippen LogP contribution >= 0.6 is 11.3 Å². The molecule has 0 unspecified atom stereocenters. The summed E-state index contributed by atoms with van der Waals surface area (Å²) >= 11 is 1.34. The molecule has 0 saturated heterocycles. The number of nitrogens with zero attached hydrogens (tertiary/aromatic N) is 3. The van der Waals surface area contributed by atoms with Gasteiger partial charge < -0.3 is 10.1 Å². The van der Waals surface area contributed by atoms with Crippen molar-refractivity contribution >= 4 is 23.2 Å². The third-order valence-corrected chi connectivity index (χ3v) is 5.27. The minimum Gasteiger partial charge on any atom is -0.451 e. The van der Waals surface area contributed by atoms with Gasteiger partial charge in [0.1, 0.15) is 5.01 Å². The van der Waals surface area contributed by atoms with E-state index < -0.39 is 5.97 Å². The highest BCUT2D eigenvalue weighted by molar-refractivity contribution is 7.13. The SMILES string of the molecule is CC1CCC(NC(=O)COC(=O)c2csc(-c3cnn(C)c3)n2)CC1. The van der Waals surface area contributed by atoms with Crippen molar-refractivity contribution in [3.63, 3.8) is 0 Å². The van der Waals surface area contributed by atoms with E-state index >= 15 is 0 Å². The van der Waals surface area contributed by atoms with Gasteiger partial charge in [-0.25, -0.2) is 9.78 Å². The zero-order valence-corrected chi connectivity index (χ0v) is 15.2. The van der Waals surface area contributed by atoms with Crippen LogP contribution < -0.4 is 5.32 Å². The van der Waals surface area contributed by atoms with Gasteiger partial charge in [0.15, 0.2) is 12.3 Å². The van der Waals surface area contributed by atoms with Crippen LogP contribution in [0, 0.1) is 5.92 Å². The lowest BCUT2D eigenvalue weighted by Gasteiger charge is -2.26. The van der Waals surface area contributed by atoms with Crippen molar-refractivity contribution in [3.8, 4) is 10.6 Å². The normalized spacial score (nSPS) is 20.2. The highest BCUT2D eigenvalue weighted by Gasteiger charge is 2.21. The number of esters is 1. The van der Waals surface area contributed by atoms with E-state index in [1.165, 1.54) is 11.3 Å². The highest BCUT2D eigenvalue weighted by Crippen LogP contribution is 2.24. The number of carbonyl (C=O) groups excluding carboxylic acids is 2. The fourth-order valence-corrected chi connectivity index (χ4v) is 3.68. The fourth-order valence-electron chi connectivity index (χ4n) is 2.91. The number of amides is 1. The number of ether oxygens (including phenoxy) is 1. The molecule has 0 radical (unpaired) electrons. The molecule has 0 spiro atoms. The zero-order chi connectivity index (χ0) is 17.8. The smallest absolute Gasteiger partial charge is 0.358 e. The number of aryl methyl sites for hydroxylation is 1. The molecular formula is C17H22N4O3S. The maximum absolute atomic E-state index is 12.1. The molecule has 134 valence electrons. The highest BCUT2D eigenvalue weighted by atomic mass is 32.1. The predicted octanol–water partition coefficient (Wildman–Crippen LogP) is 2.40. The summed E-state index contributed by atoms with van der Waals surface area (Å²) in [5.74, 6) is -0.112. The minimum absolute atomic E-state index is 0.193. The Morgan fingerprint density at radius 2 is 2.12 bits per heavy atom. The molecular weight excluding hydrogens is 340 g/mol. The van der Waals surface area contributed by atoms with Gasteiger partial charge in [0, 0.05) is 30.2 Å². The first kappa shape index (κ1) is 17.6. The molecule has 1 amide bonds. The average Bonchev–Trinajstić information content (AvgIpc) is 3.23. The van der Waals surface area contributed by atoms with E-state index in [9.17, 15) is 9.59 Å². The molecule has 1 N–H and O–H groups in total. The van der Waals surface area contributed by atoms with Crippen molar-refractivity contribution in [1.82, 2.24) is 20.1 Å². The Morgan fingerprint density at radius 3 is 2.80 bits per heavy atom. The second-order valence-corrected chi connectivity index (χ2v) is 7.40. The molecule has 1 saturated carbocycles. The first-order valence-corrected chi connectivity index (χ1v) is 9.30. The lowest BCUT2D eigenvalue weighted by molar-refractivity contribution is -0.125. The molecule has 0 aliphatic heterocycles. The quantitative estimate of drug-likeness (QED) is 0.826. The van der Waals surface area contributed by atoms with Gasteiger partial charge in [-0.15, -0.1) is 11.3 Å². The van der Waals surface area contributed by atoms with E-state index in [0.29, 0.717) is 5.01 Å². The summed E-state index contributed by atoms with van der Waals surface area (Å²) in [6.07, 6.45) is 7.74. The van der Waals surface area contributed by atoms with Crippen LogP contribution in [0.5, 0.6) is 0 Å². The van der Waals surface area contributed by atoms with E-state index in [2.05, 4.69) is 22.3 Å². The van der Waals surface area contributed by atoms with Gasteiger partial charge >= 0.3 is 5.97 Å². The molecule has 2 aromatic rings. The van der Waals surface area contributed by atoms with Gasteiger partial charge in [-0.1, -0.05) is 6.92 Å². The largest absolute Gasteiger partial charge is 0.451 e. The third kappa shape index (κ3) is 4.66. The first-order valence-electron chi connectivity index (χ1n) is 8.42. The van der Waals surface area contributed by atoms with Crippen molar-refractivity contribution in [2.75, 3.05) is 6.61 Å². The number of carbonyl (C=O) groups is 2. The summed E-state index contributed by atoms with van der Waals surface area (Å²) in [4.78, 5) is 28.3. The molecule has 1 fully saturated rings. The number of hydrogen-bond acceptors (Lipinski definition) is 6. The van der Waals surface area contributed by atoms with Crippen LogP contribution in [0.15, 0.2) is 17.8 Å². The number of hydrogen-bond donors (Lipinski definition) is 1. The second kappa shape index (κ2) is 7.77. The summed E-state index contributed by atoms with van der Waals surface area (Å²) in [6.45, 7) is 1.96. The van der Waals surface area contributed by atoms with Crippen LogP contribution in [0.3, 0.4) is 0 Å². The lowest BCUT2D eigenvalue weighted by atomic mass is 9.87. The topological polar surface area (TPSA) is 86.1 Å². The average molecular weight is 362 g/mol. The molecule has 7 nitrogen and oxygen atoms in total. The van der Waals surface area contributed by atoms with Gasteiger partial charge in [-0.2, -0.15) is 5.10 Å². The molecule has 3 rings (SSSR count). The van der Waals surface area contributed by atoms with Gasteiger partial charge in [0.05, 0.1) is 6.20 Å². The number of nitrogens with one attached hydrogen (secondary N) is 1. The molecule has 0 bridgehead atoms. The van der Waals surface area contributed by atoms with Crippen LogP contribution in [-0.4, -0.2) is 39.3 Å². The van der Waals surface area contributed by atoms with Crippen molar-refractivity contribution in [2.24, 2.45) is 13.0 Å². The Balaban J connectivity index is 1.47. The summed E-state index contributed by atoms with van der Waals surface area (Å²) in [6, 6.07) is 0.193. The number of rotatable bonds is 5. The minimum atomic E-state index is -0.584. The van der Waals surface area contributed by atoms with Crippen LogP contribution in [0.4, 0.5) is 0 Å². The molecule has 25 heavy (non-hydrogen) atoms. The summed E-state index contributed by atoms with van der Waals surface area (Å²) in [5.41, 5.74) is 1.05. The Kier molecular flexibility index (Phi) is 5.47. The molecule has 2 aromatic heterocycles. The van der Waals surface area contributed by atoms with Crippen molar-refractivity contribution < 1.29 is 14.3 Å². The standard InChI is InChI=1S/C17H22N4O3S/c1-11-3-5-13(6-4-11)19-15(22)9-24-17(23)14-10-25-16(20-14)12-7-18-21(2)8-12/h7-8,10-11,13H,3-6,9H2,1-2H3,(H,19,22). The maximum Gasteiger partial charge on any atom is 0.358 e. The van der Waals surface area contributed by atoms with E-state index in [-0.39, 0.29) is 24.2 Å². The fraction of sp³-hybridized carbons (Fsp3) is 0.529. The molecule has 1 aliphatic carbocycles. The van der Waals surface area contributed by atoms with Crippen LogP contribution in [0.25, 0.3) is 10.6 Å². The van der Waals surface area contributed by atoms with Crippen molar-refractivity contribution in [3.05, 3.63) is 23.5 Å². The Bertz CT molecular complexity index is 747. The van der Waals surface area contributed by atoms with E-state index in [4.69, 9.17) is 4.74 Å². The second-order valence-electron chi connectivity index (χ2n) is 6.54. The van der Waals surface area contributed by atoms with E-state index in [0.717, 1.165) is 37.2 Å². The monoisotopic (exact) mass is 362 g/mol. The summed E-state index contributed by atoms with van der Waals surface area (Å²) in [5, 5.41) is 9.34. The van der Waals surface area contributed by atoms with Gasteiger partial charge in [0.25, 0.3) is 5.91 Å². The van der Waals surface area contributed by atoms with E-state index in [1.54, 1.807) is 16.3 Å². The molecule has 0 aromatic carbocycles. The third-order valence-electron chi connectivity index (χ3n) is 4.38. The van der Waals surface area contributed by atoms with Crippen LogP contribution in [-0.2, 0) is 16.6 Å². The van der Waals surface area contributed by atoms with Crippen LogP contribution in [0.1, 0.15) is 43.1 Å². The predicted molar refractivity (Wildman–Crippen MR) is 94.2 cm³/mol. The summed E-state index contributed by atoms with van der Waals surface area (Å²) in [7, 11) is 1.82. The molecule has 1 aliphatic rings. The number of aromatic nitrogens is 3. The molecule has 8 heteroatoms. The van der Waals surface area contributed by atoms with Crippen molar-refractivity contribution in [1.29, 1.82) is 0 Å². The number of thiazole rings is 1. The Labute approximate surface area is 150 Å². The van der Waals surface area contributed by atoms with Gasteiger partial charge in [-0.3, -0.25) is 9.48 Å². The molecule has 0 atom stereocenters. The molecule has 2 heterocycles. The zero-order valence-electron chi connectivity index (χ0n) is 14.4. The van der Waals surface area contributed by atoms with Gasteiger partial charge in [-0.05, 0) is 31.6 Å². The van der Waals surface area contributed by atoms with E-state index in [1.807, 2.05) is 13.2 Å². The summed E-state index contributed by atoms with van der Waals surface area (Å²) < 4.78 is 6.75. The maximum atomic E-state index is 12.1. The van der Waals surface area contributed by atoms with Crippen molar-refractivity contribution in [2.45, 2.75) is 38.6 Å². The van der Waals surface area contributed by atoms with Gasteiger partial charge in [0.2, 0.25) is 0 Å². The Hall–Kier alpha value is -2.22. The lowest BCUT2D eigenvalue weighted by Crippen LogP contribution is -2.39. The van der Waals surface area contributed by atoms with Crippen LogP contribution in [0.2, 0.25) is 0 Å². The first-order chi connectivity index (χ1) is 12.0.